The summed E-state index contributed by atoms with van der Waals surface area (Å²) in [6.45, 7) is 1.89. The van der Waals surface area contributed by atoms with E-state index in [0.717, 1.165) is 13.1 Å². The smallest absolute Gasteiger partial charge is 0.0227 e. The van der Waals surface area contributed by atoms with Gasteiger partial charge in [0, 0.05) is 22.9 Å². The van der Waals surface area contributed by atoms with Gasteiger partial charge in [0.05, 0.1) is 0 Å². The Labute approximate surface area is 126 Å². The highest BCUT2D eigenvalue weighted by Gasteiger charge is 2.03. The molecule has 0 unspecified atom stereocenters. The van der Waals surface area contributed by atoms with Crippen LogP contribution in [0, 0.1) is 0 Å². The van der Waals surface area contributed by atoms with Crippen molar-refractivity contribution in [2.24, 2.45) is 0 Å². The molecule has 0 heterocycles. The maximum Gasteiger partial charge on any atom is 0.0227 e. The van der Waals surface area contributed by atoms with E-state index in [0.29, 0.717) is 0 Å². The number of hydrogen-bond acceptors (Lipinski definition) is 3. The maximum atomic E-state index is 3.22. The normalized spacial score (nSPS) is 11.0. The van der Waals surface area contributed by atoms with Gasteiger partial charge in [0.1, 0.15) is 0 Å². The SMILES string of the molecule is CNCc1ccccc1Sc1ccc(CN(C)C)cc1. The first-order valence-corrected chi connectivity index (χ1v) is 7.64. The van der Waals surface area contributed by atoms with E-state index in [-0.39, 0.29) is 0 Å². The molecule has 0 saturated heterocycles. The Balaban J connectivity index is 2.10. The van der Waals surface area contributed by atoms with Crippen LogP contribution in [0.25, 0.3) is 0 Å². The van der Waals surface area contributed by atoms with E-state index in [4.69, 9.17) is 0 Å². The highest BCUT2D eigenvalue weighted by atomic mass is 32.2. The van der Waals surface area contributed by atoms with Crippen LogP contribution in [-0.4, -0.2) is 26.0 Å². The number of nitrogens with one attached hydrogen (secondary N) is 1. The number of rotatable bonds is 6. The molecule has 0 atom stereocenters. The number of hydrogen-bond donors (Lipinski definition) is 1. The summed E-state index contributed by atoms with van der Waals surface area (Å²) in [5, 5.41) is 3.22. The van der Waals surface area contributed by atoms with Gasteiger partial charge in [-0.3, -0.25) is 0 Å². The Morgan fingerprint density at radius 2 is 1.70 bits per heavy atom. The van der Waals surface area contributed by atoms with Gasteiger partial charge in [-0.25, -0.2) is 0 Å². The summed E-state index contributed by atoms with van der Waals surface area (Å²) in [5.41, 5.74) is 2.69. The number of nitrogens with zero attached hydrogens (tertiary/aromatic N) is 1. The van der Waals surface area contributed by atoms with Crippen molar-refractivity contribution < 1.29 is 0 Å². The fourth-order valence-corrected chi connectivity index (χ4v) is 3.04. The minimum Gasteiger partial charge on any atom is -0.316 e. The molecule has 106 valence electrons. The van der Waals surface area contributed by atoms with Gasteiger partial charge in [0.2, 0.25) is 0 Å². The van der Waals surface area contributed by atoms with Crippen LogP contribution in [0.1, 0.15) is 11.1 Å². The molecule has 20 heavy (non-hydrogen) atoms. The molecule has 0 fully saturated rings. The molecule has 0 saturated carbocycles. The lowest BCUT2D eigenvalue weighted by Gasteiger charge is -2.11. The van der Waals surface area contributed by atoms with Crippen molar-refractivity contribution in [3.63, 3.8) is 0 Å². The monoisotopic (exact) mass is 286 g/mol. The first-order valence-electron chi connectivity index (χ1n) is 6.83. The van der Waals surface area contributed by atoms with Crippen LogP contribution in [0.3, 0.4) is 0 Å². The van der Waals surface area contributed by atoms with Crippen LogP contribution >= 0.6 is 11.8 Å². The fraction of sp³-hybridized carbons (Fsp3) is 0.294. The second-order valence-electron chi connectivity index (χ2n) is 5.12. The molecular weight excluding hydrogens is 264 g/mol. The molecule has 2 aromatic rings. The Hall–Kier alpha value is -1.29. The molecule has 0 aliphatic carbocycles. The van der Waals surface area contributed by atoms with Crippen molar-refractivity contribution in [2.75, 3.05) is 21.1 Å². The highest BCUT2D eigenvalue weighted by molar-refractivity contribution is 7.99. The molecule has 2 nitrogen and oxygen atoms in total. The Morgan fingerprint density at radius 1 is 1.00 bits per heavy atom. The molecular formula is C17H22N2S. The molecule has 0 radical (unpaired) electrons. The van der Waals surface area contributed by atoms with Crippen molar-refractivity contribution in [1.29, 1.82) is 0 Å². The van der Waals surface area contributed by atoms with Gasteiger partial charge in [0.15, 0.2) is 0 Å². The molecule has 0 aliphatic heterocycles. The predicted molar refractivity (Wildman–Crippen MR) is 87.2 cm³/mol. The van der Waals surface area contributed by atoms with Crippen LogP contribution in [0.2, 0.25) is 0 Å². The van der Waals surface area contributed by atoms with E-state index < -0.39 is 0 Å². The molecule has 0 bridgehead atoms. The van der Waals surface area contributed by atoms with Gasteiger partial charge >= 0.3 is 0 Å². The van der Waals surface area contributed by atoms with E-state index in [1.807, 2.05) is 18.8 Å². The summed E-state index contributed by atoms with van der Waals surface area (Å²) in [5.74, 6) is 0. The third-order valence-electron chi connectivity index (χ3n) is 2.99. The minimum atomic E-state index is 0.905. The van der Waals surface area contributed by atoms with Crippen LogP contribution in [0.4, 0.5) is 0 Å². The Bertz CT molecular complexity index is 535. The topological polar surface area (TPSA) is 15.3 Å². The molecule has 0 amide bonds. The lowest BCUT2D eigenvalue weighted by Crippen LogP contribution is -2.10. The molecule has 0 spiro atoms. The van der Waals surface area contributed by atoms with E-state index in [9.17, 15) is 0 Å². The first kappa shape index (κ1) is 15.1. The summed E-state index contributed by atoms with van der Waals surface area (Å²) in [4.78, 5) is 4.79. The summed E-state index contributed by atoms with van der Waals surface area (Å²) >= 11 is 1.83. The van der Waals surface area contributed by atoms with Gasteiger partial charge in [-0.2, -0.15) is 0 Å². The van der Waals surface area contributed by atoms with Gasteiger partial charge in [-0.05, 0) is 50.5 Å². The quantitative estimate of drug-likeness (QED) is 0.873. The van der Waals surface area contributed by atoms with Crippen LogP contribution in [0.5, 0.6) is 0 Å². The minimum absolute atomic E-state index is 0.905. The van der Waals surface area contributed by atoms with Crippen molar-refractivity contribution >= 4 is 11.8 Å². The van der Waals surface area contributed by atoms with Gasteiger partial charge in [0.25, 0.3) is 0 Å². The summed E-state index contributed by atoms with van der Waals surface area (Å²) < 4.78 is 0. The highest BCUT2D eigenvalue weighted by Crippen LogP contribution is 2.30. The maximum absolute atomic E-state index is 3.22. The second-order valence-corrected chi connectivity index (χ2v) is 6.24. The zero-order valence-electron chi connectivity index (χ0n) is 12.4. The zero-order valence-corrected chi connectivity index (χ0v) is 13.2. The van der Waals surface area contributed by atoms with E-state index >= 15 is 0 Å². The van der Waals surface area contributed by atoms with Gasteiger partial charge in [-0.1, -0.05) is 42.1 Å². The molecule has 0 aliphatic rings. The Kier molecular flexibility index (Phi) is 5.65. The van der Waals surface area contributed by atoms with Gasteiger partial charge in [-0.15, -0.1) is 0 Å². The molecule has 1 N–H and O–H groups in total. The van der Waals surface area contributed by atoms with Crippen LogP contribution in [-0.2, 0) is 13.1 Å². The standard InChI is InChI=1S/C17H22N2S/c1-18-12-15-6-4-5-7-17(15)20-16-10-8-14(9-11-16)13-19(2)3/h4-11,18H,12-13H2,1-3H3. The predicted octanol–water partition coefficient (Wildman–Crippen LogP) is 3.62. The molecule has 3 heteroatoms. The lowest BCUT2D eigenvalue weighted by molar-refractivity contribution is 0.402. The van der Waals surface area contributed by atoms with E-state index in [1.165, 1.54) is 20.9 Å². The average Bonchev–Trinajstić information content (AvgIpc) is 2.43. The van der Waals surface area contributed by atoms with E-state index in [1.54, 1.807) is 0 Å². The largest absolute Gasteiger partial charge is 0.316 e. The van der Waals surface area contributed by atoms with Gasteiger partial charge < -0.3 is 10.2 Å². The third-order valence-corrected chi connectivity index (χ3v) is 4.12. The molecule has 2 aromatic carbocycles. The molecule has 2 rings (SSSR count). The third kappa shape index (κ3) is 4.37. The van der Waals surface area contributed by atoms with Crippen molar-refractivity contribution in [2.45, 2.75) is 22.9 Å². The van der Waals surface area contributed by atoms with E-state index in [2.05, 4.69) is 72.8 Å². The van der Waals surface area contributed by atoms with Crippen molar-refractivity contribution in [1.82, 2.24) is 10.2 Å². The second kappa shape index (κ2) is 7.48. The zero-order chi connectivity index (χ0) is 14.4. The lowest BCUT2D eigenvalue weighted by atomic mass is 10.2. The fourth-order valence-electron chi connectivity index (χ4n) is 2.09. The average molecular weight is 286 g/mol. The van der Waals surface area contributed by atoms with Crippen LogP contribution in [0.15, 0.2) is 58.3 Å². The first-order chi connectivity index (χ1) is 9.69. The summed E-state index contributed by atoms with van der Waals surface area (Å²) in [7, 11) is 6.17. The summed E-state index contributed by atoms with van der Waals surface area (Å²) in [6.07, 6.45) is 0. The van der Waals surface area contributed by atoms with Crippen LogP contribution < -0.4 is 5.32 Å². The number of benzene rings is 2. The summed E-state index contributed by atoms with van der Waals surface area (Å²) in [6, 6.07) is 17.4. The Morgan fingerprint density at radius 3 is 2.35 bits per heavy atom. The molecule has 0 aromatic heterocycles. The van der Waals surface area contributed by atoms with Crippen molar-refractivity contribution in [3.05, 3.63) is 59.7 Å². The van der Waals surface area contributed by atoms with Crippen molar-refractivity contribution in [3.8, 4) is 0 Å².